The third-order valence-corrected chi connectivity index (χ3v) is 8.02. The van der Waals surface area contributed by atoms with E-state index in [1.54, 1.807) is 4.68 Å². The molecule has 2 atom stereocenters. The van der Waals surface area contributed by atoms with E-state index < -0.39 is 46.5 Å². The first-order valence-electron chi connectivity index (χ1n) is 11.9. The quantitative estimate of drug-likeness (QED) is 0.0879. The number of carbonyl (C=O) groups excluding carboxylic acids is 3. The molecule has 0 aromatic carbocycles. The Morgan fingerprint density at radius 2 is 2.12 bits per heavy atom. The Morgan fingerprint density at radius 1 is 1.40 bits per heavy atom. The lowest BCUT2D eigenvalue weighted by Gasteiger charge is -2.50. The number of aryl methyl sites for hydroxylation is 1. The van der Waals surface area contributed by atoms with Gasteiger partial charge in [0.1, 0.15) is 18.0 Å². The minimum absolute atomic E-state index is 0.0178. The van der Waals surface area contributed by atoms with Crippen LogP contribution in [0.25, 0.3) is 0 Å². The van der Waals surface area contributed by atoms with Gasteiger partial charge < -0.3 is 36.6 Å². The second-order valence-corrected chi connectivity index (χ2v) is 11.3. The van der Waals surface area contributed by atoms with Crippen molar-refractivity contribution >= 4 is 57.9 Å². The standard InChI is InChI=1S/C22H27N9O7S2/c1-22(2,20(36)37)38-27-12(15-26-21(24)40-28-15)16(32)25-13-17(33)31-14(19(34)35)11(9-39-18(13)31)8-30-7-10(4-5-23)6-29(30)3/h6-7,13,18H,4-5,8-9,23H2,1-3H3,(H4-,24,25,26,28,32,34,35,36,37)/b27-12+/t13-,18-/m1/s1. The van der Waals surface area contributed by atoms with E-state index >= 15 is 0 Å². The van der Waals surface area contributed by atoms with E-state index in [1.807, 2.05) is 24.1 Å². The Bertz CT molecular complexity index is 1430. The topological polar surface area (TPSA) is 235 Å². The summed E-state index contributed by atoms with van der Waals surface area (Å²) in [5, 5.41) is 26.9. The van der Waals surface area contributed by atoms with E-state index in [-0.39, 0.29) is 29.0 Å². The molecule has 2 aliphatic heterocycles. The van der Waals surface area contributed by atoms with E-state index in [2.05, 4.69) is 19.8 Å². The predicted molar refractivity (Wildman–Crippen MR) is 139 cm³/mol. The maximum absolute atomic E-state index is 13.2. The Kier molecular flexibility index (Phi) is 8.13. The first-order chi connectivity index (χ1) is 18.8. The second-order valence-electron chi connectivity index (χ2n) is 9.45. The molecule has 2 amide bonds. The minimum Gasteiger partial charge on any atom is -0.543 e. The Hall–Kier alpha value is -4.03. The number of β-lactam (4-membered cyclic amide) rings is 1. The van der Waals surface area contributed by atoms with Gasteiger partial charge in [0.15, 0.2) is 18.4 Å². The number of rotatable bonds is 11. The summed E-state index contributed by atoms with van der Waals surface area (Å²) in [5.74, 6) is -4.42. The largest absolute Gasteiger partial charge is 0.543 e. The predicted octanol–water partition coefficient (Wildman–Crippen LogP) is -3.06. The number of thioether (sulfide) groups is 1. The molecule has 0 spiro atoms. The minimum atomic E-state index is -1.79. The fourth-order valence-electron chi connectivity index (χ4n) is 4.00. The zero-order chi connectivity index (χ0) is 29.4. The Labute approximate surface area is 235 Å². The third-order valence-electron chi connectivity index (χ3n) is 6.13. The number of hydrogen-bond donors (Lipinski definition) is 4. The molecule has 0 aliphatic carbocycles. The molecule has 0 radical (unpaired) electrons. The highest BCUT2D eigenvalue weighted by molar-refractivity contribution is 8.00. The number of nitrogens with zero attached hydrogens (tertiary/aromatic N) is 6. The zero-order valence-corrected chi connectivity index (χ0v) is 23.3. The van der Waals surface area contributed by atoms with Crippen LogP contribution in [-0.4, -0.2) is 82.8 Å². The van der Waals surface area contributed by atoms with E-state index in [0.29, 0.717) is 18.5 Å². The van der Waals surface area contributed by atoms with Gasteiger partial charge >= 0.3 is 5.97 Å². The van der Waals surface area contributed by atoms with Crippen molar-refractivity contribution in [1.29, 1.82) is 0 Å². The molecule has 6 N–H and O–H groups in total. The van der Waals surface area contributed by atoms with E-state index in [9.17, 15) is 29.4 Å². The molecule has 4 rings (SSSR count). The number of anilines is 1. The van der Waals surface area contributed by atoms with Crippen LogP contribution in [0.5, 0.6) is 0 Å². The summed E-state index contributed by atoms with van der Waals surface area (Å²) < 4.78 is 7.53. The normalized spacial score (nSPS) is 19.2. The molecule has 0 saturated carbocycles. The molecule has 2 aliphatic rings. The summed E-state index contributed by atoms with van der Waals surface area (Å²) in [4.78, 5) is 59.8. The number of nitrogens with one attached hydrogen (secondary N) is 1. The van der Waals surface area contributed by atoms with E-state index in [0.717, 1.165) is 22.0 Å². The van der Waals surface area contributed by atoms with Gasteiger partial charge in [-0.1, -0.05) is 5.16 Å². The molecule has 0 bridgehead atoms. The number of aliphatic carboxylic acids is 2. The zero-order valence-electron chi connectivity index (χ0n) is 21.7. The molecular formula is C22H27N9O7S2. The molecule has 4 heterocycles. The number of carboxylic acids is 2. The van der Waals surface area contributed by atoms with Gasteiger partial charge in [0, 0.05) is 22.8 Å². The molecule has 1 saturated heterocycles. The highest BCUT2D eigenvalue weighted by atomic mass is 32.2. The van der Waals surface area contributed by atoms with Crippen LogP contribution in [0.3, 0.4) is 0 Å². The van der Waals surface area contributed by atoms with Gasteiger partial charge in [0.2, 0.25) is 17.1 Å². The molecule has 18 heteroatoms. The number of fused-ring (bicyclic) bond motifs is 1. The van der Waals surface area contributed by atoms with Crippen LogP contribution in [0.15, 0.2) is 28.8 Å². The fraction of sp³-hybridized carbons (Fsp3) is 0.455. The fourth-order valence-corrected chi connectivity index (χ4v) is 5.77. The highest BCUT2D eigenvalue weighted by Crippen LogP contribution is 2.40. The van der Waals surface area contributed by atoms with Crippen LogP contribution in [0.2, 0.25) is 0 Å². The maximum Gasteiger partial charge on any atom is 0.350 e. The van der Waals surface area contributed by atoms with Crippen LogP contribution in [0.4, 0.5) is 5.13 Å². The van der Waals surface area contributed by atoms with Gasteiger partial charge in [-0.2, -0.15) is 14.0 Å². The monoisotopic (exact) mass is 593 g/mol. The van der Waals surface area contributed by atoms with E-state index in [4.69, 9.17) is 16.3 Å². The summed E-state index contributed by atoms with van der Waals surface area (Å²) in [7, 11) is 1.81. The van der Waals surface area contributed by atoms with Gasteiger partial charge in [-0.05, 0) is 32.4 Å². The van der Waals surface area contributed by atoms with Gasteiger partial charge in [-0.3, -0.25) is 14.5 Å². The van der Waals surface area contributed by atoms with Crippen molar-refractivity contribution in [1.82, 2.24) is 24.3 Å². The van der Waals surface area contributed by atoms with Crippen LogP contribution in [-0.2, 0) is 44.0 Å². The van der Waals surface area contributed by atoms with Gasteiger partial charge in [0.25, 0.3) is 11.8 Å². The van der Waals surface area contributed by atoms with Crippen LogP contribution >= 0.6 is 23.3 Å². The number of carboxylic acid groups (broad SMARTS) is 2. The van der Waals surface area contributed by atoms with Crippen molar-refractivity contribution in [2.75, 3.05) is 18.0 Å². The number of nitrogens with two attached hydrogens (primary N) is 2. The van der Waals surface area contributed by atoms with Crippen LogP contribution < -0.4 is 26.6 Å². The van der Waals surface area contributed by atoms with Crippen LogP contribution in [0, 0.1) is 0 Å². The highest BCUT2D eigenvalue weighted by Gasteiger charge is 2.53. The van der Waals surface area contributed by atoms with Crippen molar-refractivity contribution in [2.24, 2.45) is 17.9 Å². The van der Waals surface area contributed by atoms with Crippen LogP contribution in [0.1, 0.15) is 25.2 Å². The van der Waals surface area contributed by atoms with Crippen molar-refractivity contribution in [3.63, 3.8) is 0 Å². The van der Waals surface area contributed by atoms with E-state index in [1.165, 1.54) is 25.6 Å². The molecule has 40 heavy (non-hydrogen) atoms. The number of amides is 2. The SMILES string of the molecule is C[n+]1cc(CCN)cn1CC1=C(C(=O)[O-])N2C(=O)[C@@H](NC(=O)/C(=N/OC(C)(C)C(=O)O)c3nsc(N)n3)[C@H]2SC1. The lowest BCUT2D eigenvalue weighted by atomic mass is 10.0. The van der Waals surface area contributed by atoms with Gasteiger partial charge in [-0.15, -0.1) is 16.4 Å². The molecule has 2 aromatic rings. The summed E-state index contributed by atoms with van der Waals surface area (Å²) in [6.07, 6.45) is 4.40. The van der Waals surface area contributed by atoms with Crippen molar-refractivity contribution in [2.45, 2.75) is 43.8 Å². The number of hydrogen-bond acceptors (Lipinski definition) is 13. The average Bonchev–Trinajstić information content (AvgIpc) is 3.46. The summed E-state index contributed by atoms with van der Waals surface area (Å²) in [6.45, 7) is 3.11. The number of carbonyl (C=O) groups is 4. The second kappa shape index (κ2) is 11.2. The summed E-state index contributed by atoms with van der Waals surface area (Å²) in [6, 6.07) is -1.11. The molecule has 214 valence electrons. The van der Waals surface area contributed by atoms with Crippen molar-refractivity contribution < 1.29 is 38.9 Å². The molecule has 1 fully saturated rings. The molecule has 2 aromatic heterocycles. The smallest absolute Gasteiger partial charge is 0.350 e. The lowest BCUT2D eigenvalue weighted by molar-refractivity contribution is -0.753. The van der Waals surface area contributed by atoms with Gasteiger partial charge in [-0.25, -0.2) is 4.79 Å². The summed E-state index contributed by atoms with van der Waals surface area (Å²) in [5.41, 5.74) is 10.2. The molecular weight excluding hydrogens is 566 g/mol. The Morgan fingerprint density at radius 3 is 2.73 bits per heavy atom. The number of aromatic nitrogens is 4. The molecule has 0 unspecified atom stereocenters. The lowest BCUT2D eigenvalue weighted by Crippen LogP contribution is -2.71. The first kappa shape index (κ1) is 29.0. The molecule has 16 nitrogen and oxygen atoms in total. The first-order valence-corrected chi connectivity index (χ1v) is 13.7. The summed E-state index contributed by atoms with van der Waals surface area (Å²) >= 11 is 2.05. The number of oxime groups is 1. The average molecular weight is 594 g/mol. The Balaban J connectivity index is 1.55. The van der Waals surface area contributed by atoms with Gasteiger partial charge in [0.05, 0.1) is 17.9 Å². The maximum atomic E-state index is 13.2. The van der Waals surface area contributed by atoms with Crippen molar-refractivity contribution in [3.8, 4) is 0 Å². The third kappa shape index (κ3) is 5.63. The number of nitrogen functional groups attached to an aromatic ring is 1. The van der Waals surface area contributed by atoms with Crippen molar-refractivity contribution in [3.05, 3.63) is 35.1 Å².